The third-order valence-corrected chi connectivity index (χ3v) is 3.17. The van der Waals surface area contributed by atoms with Crippen molar-refractivity contribution in [2.75, 3.05) is 13.7 Å². The fourth-order valence-corrected chi connectivity index (χ4v) is 2.12. The molecule has 1 aromatic carbocycles. The molecule has 0 unspecified atom stereocenters. The first-order chi connectivity index (χ1) is 9.85. The average Bonchev–Trinajstić information content (AvgIpc) is 2.93. The molecule has 2 N–H and O–H groups in total. The number of unbranched alkanes of at least 4 members (excludes halogenated alkanes) is 2. The van der Waals surface area contributed by atoms with Gasteiger partial charge in [-0.05, 0) is 31.7 Å². The van der Waals surface area contributed by atoms with Gasteiger partial charge in [-0.25, -0.2) is 0 Å². The second-order valence-corrected chi connectivity index (χ2v) is 4.86. The van der Waals surface area contributed by atoms with E-state index >= 15 is 0 Å². The van der Waals surface area contributed by atoms with Gasteiger partial charge in [-0.2, -0.15) is 5.10 Å². The molecule has 0 aliphatic carbocycles. The van der Waals surface area contributed by atoms with E-state index in [2.05, 4.69) is 34.6 Å². The molecule has 1 heterocycles. The van der Waals surface area contributed by atoms with E-state index in [4.69, 9.17) is 4.74 Å². The molecular formula is C16H23N3O. The molecule has 0 aliphatic rings. The summed E-state index contributed by atoms with van der Waals surface area (Å²) in [6.45, 7) is 3.74. The maximum Gasteiger partial charge on any atom is 0.128 e. The Morgan fingerprint density at radius 1 is 1.25 bits per heavy atom. The van der Waals surface area contributed by atoms with Gasteiger partial charge in [0, 0.05) is 17.8 Å². The molecule has 4 heteroatoms. The third-order valence-electron chi connectivity index (χ3n) is 3.17. The van der Waals surface area contributed by atoms with Crippen LogP contribution in [0.15, 0.2) is 30.3 Å². The first-order valence-electron chi connectivity index (χ1n) is 7.26. The molecule has 2 aromatic rings. The van der Waals surface area contributed by atoms with Crippen LogP contribution in [0.2, 0.25) is 0 Å². The van der Waals surface area contributed by atoms with Crippen molar-refractivity contribution < 1.29 is 4.74 Å². The zero-order valence-corrected chi connectivity index (χ0v) is 12.3. The Hall–Kier alpha value is -1.81. The van der Waals surface area contributed by atoms with Gasteiger partial charge in [-0.1, -0.05) is 31.9 Å². The van der Waals surface area contributed by atoms with Crippen molar-refractivity contribution in [1.82, 2.24) is 15.5 Å². The van der Waals surface area contributed by atoms with Crippen LogP contribution in [0.4, 0.5) is 0 Å². The normalized spacial score (nSPS) is 10.7. The van der Waals surface area contributed by atoms with Crippen molar-refractivity contribution in [3.63, 3.8) is 0 Å². The number of para-hydroxylation sites is 1. The maximum atomic E-state index is 5.89. The minimum absolute atomic E-state index is 0.763. The lowest BCUT2D eigenvalue weighted by molar-refractivity contribution is 0.307. The zero-order chi connectivity index (χ0) is 14.2. The van der Waals surface area contributed by atoms with E-state index in [1.54, 1.807) is 0 Å². The van der Waals surface area contributed by atoms with Crippen molar-refractivity contribution in [3.05, 3.63) is 36.0 Å². The quantitative estimate of drug-likeness (QED) is 0.725. The third kappa shape index (κ3) is 3.84. The van der Waals surface area contributed by atoms with Crippen LogP contribution >= 0.6 is 0 Å². The Balaban J connectivity index is 2.09. The number of nitrogens with zero attached hydrogens (tertiary/aromatic N) is 1. The van der Waals surface area contributed by atoms with E-state index in [0.717, 1.165) is 42.3 Å². The highest BCUT2D eigenvalue weighted by Gasteiger charge is 2.09. The number of hydrogen-bond donors (Lipinski definition) is 2. The number of rotatable bonds is 8. The summed E-state index contributed by atoms with van der Waals surface area (Å²) in [5.74, 6) is 0.908. The molecule has 0 saturated heterocycles. The molecule has 2 rings (SSSR count). The Morgan fingerprint density at radius 2 is 2.10 bits per heavy atom. The van der Waals surface area contributed by atoms with Crippen LogP contribution in [0.3, 0.4) is 0 Å². The summed E-state index contributed by atoms with van der Waals surface area (Å²) < 4.78 is 5.89. The molecule has 0 radical (unpaired) electrons. The number of H-pyrrole nitrogens is 1. The van der Waals surface area contributed by atoms with Gasteiger partial charge in [0.1, 0.15) is 5.75 Å². The number of ether oxygens (including phenoxy) is 1. The summed E-state index contributed by atoms with van der Waals surface area (Å²) in [6, 6.07) is 10.1. The Morgan fingerprint density at radius 3 is 2.90 bits per heavy atom. The predicted molar refractivity (Wildman–Crippen MR) is 81.8 cm³/mol. The highest BCUT2D eigenvalue weighted by atomic mass is 16.5. The predicted octanol–water partition coefficient (Wildman–Crippen LogP) is 3.37. The van der Waals surface area contributed by atoms with Crippen molar-refractivity contribution in [2.45, 2.75) is 32.7 Å². The average molecular weight is 273 g/mol. The van der Waals surface area contributed by atoms with Gasteiger partial charge < -0.3 is 10.1 Å². The lowest BCUT2D eigenvalue weighted by atomic mass is 10.1. The summed E-state index contributed by atoms with van der Waals surface area (Å²) >= 11 is 0. The molecule has 0 amide bonds. The Labute approximate surface area is 120 Å². The summed E-state index contributed by atoms with van der Waals surface area (Å²) in [7, 11) is 1.92. The van der Waals surface area contributed by atoms with E-state index in [0.29, 0.717) is 0 Å². The number of nitrogens with one attached hydrogen (secondary N) is 2. The largest absolute Gasteiger partial charge is 0.493 e. The van der Waals surface area contributed by atoms with Gasteiger partial charge in [0.15, 0.2) is 0 Å². The van der Waals surface area contributed by atoms with Crippen LogP contribution in [-0.2, 0) is 6.54 Å². The molecule has 0 fully saturated rings. The standard InChI is InChI=1S/C16H23N3O/c1-3-4-7-10-20-16-9-6-5-8-14(16)15-11-13(12-17-2)18-19-15/h5-6,8-9,11,17H,3-4,7,10,12H2,1-2H3,(H,18,19). The van der Waals surface area contributed by atoms with Gasteiger partial charge in [-0.15, -0.1) is 0 Å². The first-order valence-corrected chi connectivity index (χ1v) is 7.26. The van der Waals surface area contributed by atoms with E-state index in [1.807, 2.05) is 25.2 Å². The molecule has 0 atom stereocenters. The molecule has 0 aliphatic heterocycles. The van der Waals surface area contributed by atoms with Crippen molar-refractivity contribution >= 4 is 0 Å². The van der Waals surface area contributed by atoms with Gasteiger partial charge in [0.2, 0.25) is 0 Å². The topological polar surface area (TPSA) is 49.9 Å². The molecule has 20 heavy (non-hydrogen) atoms. The van der Waals surface area contributed by atoms with Gasteiger partial charge in [-0.3, -0.25) is 5.10 Å². The molecule has 0 bridgehead atoms. The first kappa shape index (κ1) is 14.6. The molecule has 108 valence electrons. The second kappa shape index (κ2) is 7.70. The van der Waals surface area contributed by atoms with Crippen LogP contribution in [0, 0.1) is 0 Å². The zero-order valence-electron chi connectivity index (χ0n) is 12.3. The SMILES string of the molecule is CCCCCOc1ccccc1-c1cc(CNC)[nH]n1. The highest BCUT2D eigenvalue weighted by molar-refractivity contribution is 5.67. The van der Waals surface area contributed by atoms with E-state index < -0.39 is 0 Å². The summed E-state index contributed by atoms with van der Waals surface area (Å²) in [5.41, 5.74) is 3.05. The maximum absolute atomic E-state index is 5.89. The number of hydrogen-bond acceptors (Lipinski definition) is 3. The van der Waals surface area contributed by atoms with E-state index in [9.17, 15) is 0 Å². The number of benzene rings is 1. The van der Waals surface area contributed by atoms with Crippen LogP contribution < -0.4 is 10.1 Å². The van der Waals surface area contributed by atoms with Gasteiger partial charge in [0.25, 0.3) is 0 Å². The smallest absolute Gasteiger partial charge is 0.128 e. The molecule has 1 aromatic heterocycles. The van der Waals surface area contributed by atoms with Crippen LogP contribution in [0.25, 0.3) is 11.3 Å². The fraction of sp³-hybridized carbons (Fsp3) is 0.438. The van der Waals surface area contributed by atoms with Crippen LogP contribution in [-0.4, -0.2) is 23.9 Å². The lowest BCUT2D eigenvalue weighted by Crippen LogP contribution is -2.04. The van der Waals surface area contributed by atoms with E-state index in [1.165, 1.54) is 12.8 Å². The minimum atomic E-state index is 0.763. The van der Waals surface area contributed by atoms with E-state index in [-0.39, 0.29) is 0 Å². The fourth-order valence-electron chi connectivity index (χ4n) is 2.12. The van der Waals surface area contributed by atoms with Crippen molar-refractivity contribution in [2.24, 2.45) is 0 Å². The van der Waals surface area contributed by atoms with Crippen molar-refractivity contribution in [1.29, 1.82) is 0 Å². The molecular weight excluding hydrogens is 250 g/mol. The molecule has 4 nitrogen and oxygen atoms in total. The number of aromatic nitrogens is 2. The van der Waals surface area contributed by atoms with Crippen LogP contribution in [0.5, 0.6) is 5.75 Å². The monoisotopic (exact) mass is 273 g/mol. The Bertz CT molecular complexity index is 522. The van der Waals surface area contributed by atoms with Crippen LogP contribution in [0.1, 0.15) is 31.9 Å². The summed E-state index contributed by atoms with van der Waals surface area (Å²) in [4.78, 5) is 0. The lowest BCUT2D eigenvalue weighted by Gasteiger charge is -2.09. The number of aromatic amines is 1. The molecule has 0 saturated carbocycles. The second-order valence-electron chi connectivity index (χ2n) is 4.86. The van der Waals surface area contributed by atoms with Gasteiger partial charge >= 0.3 is 0 Å². The molecule has 0 spiro atoms. The highest BCUT2D eigenvalue weighted by Crippen LogP contribution is 2.28. The van der Waals surface area contributed by atoms with Crippen molar-refractivity contribution in [3.8, 4) is 17.0 Å². The summed E-state index contributed by atoms with van der Waals surface area (Å²) in [5, 5.41) is 10.5. The van der Waals surface area contributed by atoms with Gasteiger partial charge in [0.05, 0.1) is 12.3 Å². The minimum Gasteiger partial charge on any atom is -0.493 e. The Kier molecular flexibility index (Phi) is 5.62. The summed E-state index contributed by atoms with van der Waals surface area (Å²) in [6.07, 6.45) is 3.51.